The van der Waals surface area contributed by atoms with E-state index in [0.29, 0.717) is 27.1 Å². The molecular formula is C26H18BrNO4. The molecule has 6 heteroatoms. The quantitative estimate of drug-likeness (QED) is 0.460. The number of carbonyl (C=O) groups excluding carboxylic acids is 1. The van der Waals surface area contributed by atoms with Crippen LogP contribution in [0.4, 0.5) is 0 Å². The molecule has 0 aromatic heterocycles. The van der Waals surface area contributed by atoms with Gasteiger partial charge in [-0.25, -0.2) is 4.79 Å². The maximum atomic E-state index is 12.7. The molecule has 0 spiro atoms. The largest absolute Gasteiger partial charge is 0.477 e. The molecule has 1 aliphatic rings. The van der Waals surface area contributed by atoms with Gasteiger partial charge in [-0.1, -0.05) is 78.9 Å². The van der Waals surface area contributed by atoms with Gasteiger partial charge in [-0.15, -0.1) is 0 Å². The number of carboxylic acid groups (broad SMARTS) is 1. The van der Waals surface area contributed by atoms with Crippen LogP contribution in [0, 0.1) is 0 Å². The number of hydrogen-bond donors (Lipinski definition) is 2. The smallest absolute Gasteiger partial charge is 0.353 e. The summed E-state index contributed by atoms with van der Waals surface area (Å²) in [6, 6.07) is 27.2. The molecule has 0 bridgehead atoms. The number of aliphatic carboxylic acids is 1. The molecule has 0 aliphatic carbocycles. The number of carbonyl (C=O) groups is 2. The number of allylic oxidation sites excluding steroid dienone is 3. The SMILES string of the molecule is O=C(O)/C(NC(=O)c1ccccc1)=C1/C=C(c2ccccc2)OC(c2ccccc2)=C1Br. The highest BCUT2D eigenvalue weighted by Crippen LogP contribution is 2.40. The Morgan fingerprint density at radius 2 is 1.31 bits per heavy atom. The molecule has 0 atom stereocenters. The molecule has 0 saturated heterocycles. The second-order valence-corrected chi connectivity index (χ2v) is 7.69. The molecule has 3 aromatic carbocycles. The Morgan fingerprint density at radius 3 is 1.88 bits per heavy atom. The second-order valence-electron chi connectivity index (χ2n) is 6.90. The van der Waals surface area contributed by atoms with Crippen molar-refractivity contribution >= 4 is 39.3 Å². The molecule has 3 aromatic rings. The van der Waals surface area contributed by atoms with E-state index in [-0.39, 0.29) is 5.70 Å². The first-order valence-corrected chi connectivity index (χ1v) is 10.6. The first kappa shape index (κ1) is 21.3. The van der Waals surface area contributed by atoms with Crippen LogP contribution in [-0.4, -0.2) is 17.0 Å². The molecule has 0 fully saturated rings. The first-order valence-electron chi connectivity index (χ1n) is 9.79. The van der Waals surface area contributed by atoms with Crippen LogP contribution in [0.1, 0.15) is 21.5 Å². The Bertz CT molecular complexity index is 1250. The zero-order chi connectivity index (χ0) is 22.5. The maximum Gasteiger partial charge on any atom is 0.353 e. The van der Waals surface area contributed by atoms with E-state index in [4.69, 9.17) is 4.74 Å². The van der Waals surface area contributed by atoms with Crippen LogP contribution in [0.15, 0.2) is 113 Å². The van der Waals surface area contributed by atoms with Gasteiger partial charge in [0.05, 0.1) is 4.48 Å². The average molecular weight is 488 g/mol. The summed E-state index contributed by atoms with van der Waals surface area (Å²) < 4.78 is 6.60. The summed E-state index contributed by atoms with van der Waals surface area (Å²) in [4.78, 5) is 24.9. The topological polar surface area (TPSA) is 75.6 Å². The summed E-state index contributed by atoms with van der Waals surface area (Å²) in [5.74, 6) is -0.859. The van der Waals surface area contributed by atoms with E-state index in [1.54, 1.807) is 36.4 Å². The molecule has 0 saturated carbocycles. The summed E-state index contributed by atoms with van der Waals surface area (Å²) in [6.45, 7) is 0. The highest BCUT2D eigenvalue weighted by molar-refractivity contribution is 9.12. The van der Waals surface area contributed by atoms with Gasteiger partial charge in [-0.05, 0) is 34.1 Å². The minimum absolute atomic E-state index is 0.254. The molecule has 1 aliphatic heterocycles. The van der Waals surface area contributed by atoms with Crippen molar-refractivity contribution in [3.8, 4) is 0 Å². The Morgan fingerprint density at radius 1 is 0.781 bits per heavy atom. The number of carboxylic acids is 1. The fourth-order valence-electron chi connectivity index (χ4n) is 3.21. The van der Waals surface area contributed by atoms with Crippen molar-refractivity contribution in [1.82, 2.24) is 5.32 Å². The van der Waals surface area contributed by atoms with Crippen LogP contribution in [0.3, 0.4) is 0 Å². The van der Waals surface area contributed by atoms with Crippen LogP contribution in [-0.2, 0) is 9.53 Å². The number of ether oxygens (including phenoxy) is 1. The fourth-order valence-corrected chi connectivity index (χ4v) is 3.84. The van der Waals surface area contributed by atoms with E-state index in [1.165, 1.54) is 0 Å². The molecule has 1 amide bonds. The summed E-state index contributed by atoms with van der Waals surface area (Å²) in [5.41, 5.74) is 1.94. The zero-order valence-electron chi connectivity index (χ0n) is 16.8. The van der Waals surface area contributed by atoms with Gasteiger partial charge >= 0.3 is 5.97 Å². The van der Waals surface area contributed by atoms with Crippen LogP contribution >= 0.6 is 15.9 Å². The molecule has 158 valence electrons. The van der Waals surface area contributed by atoms with E-state index < -0.39 is 11.9 Å². The van der Waals surface area contributed by atoms with Gasteiger partial charge in [-0.3, -0.25) is 4.79 Å². The van der Waals surface area contributed by atoms with Crippen LogP contribution in [0.2, 0.25) is 0 Å². The summed E-state index contributed by atoms with van der Waals surface area (Å²) >= 11 is 3.51. The normalized spacial score (nSPS) is 14.8. The van der Waals surface area contributed by atoms with Crippen molar-refractivity contribution in [2.75, 3.05) is 0 Å². The number of benzene rings is 3. The summed E-state index contributed by atoms with van der Waals surface area (Å²) in [7, 11) is 0. The van der Waals surface area contributed by atoms with Crippen LogP contribution in [0.5, 0.6) is 0 Å². The zero-order valence-corrected chi connectivity index (χ0v) is 18.4. The monoisotopic (exact) mass is 487 g/mol. The third kappa shape index (κ3) is 4.55. The molecule has 0 unspecified atom stereocenters. The molecule has 32 heavy (non-hydrogen) atoms. The number of rotatable bonds is 5. The van der Waals surface area contributed by atoms with Gasteiger partial charge in [0.1, 0.15) is 17.2 Å². The Balaban J connectivity index is 1.87. The molecule has 2 N–H and O–H groups in total. The number of nitrogens with one attached hydrogen (secondary N) is 1. The Hall–Kier alpha value is -3.90. The van der Waals surface area contributed by atoms with Crippen LogP contribution in [0.25, 0.3) is 11.5 Å². The lowest BCUT2D eigenvalue weighted by molar-refractivity contribution is -0.133. The van der Waals surface area contributed by atoms with Gasteiger partial charge in [-0.2, -0.15) is 0 Å². The second kappa shape index (κ2) is 9.49. The first-order chi connectivity index (χ1) is 15.5. The lowest BCUT2D eigenvalue weighted by Crippen LogP contribution is -2.29. The predicted molar refractivity (Wildman–Crippen MR) is 126 cm³/mol. The molecule has 1 heterocycles. The minimum atomic E-state index is -1.26. The third-order valence-corrected chi connectivity index (χ3v) is 5.56. The molecule has 0 radical (unpaired) electrons. The summed E-state index contributed by atoms with van der Waals surface area (Å²) in [6.07, 6.45) is 1.61. The van der Waals surface area contributed by atoms with E-state index in [9.17, 15) is 14.7 Å². The number of halogens is 1. The number of hydrogen-bond acceptors (Lipinski definition) is 3. The minimum Gasteiger partial charge on any atom is -0.477 e. The van der Waals surface area contributed by atoms with E-state index in [1.807, 2.05) is 60.7 Å². The van der Waals surface area contributed by atoms with Crippen molar-refractivity contribution in [1.29, 1.82) is 0 Å². The van der Waals surface area contributed by atoms with Crippen molar-refractivity contribution in [3.05, 3.63) is 130 Å². The van der Waals surface area contributed by atoms with Crippen molar-refractivity contribution in [3.63, 3.8) is 0 Å². The standard InChI is InChI=1S/C26H18BrNO4/c27-22-20(23(26(30)31)28-25(29)19-14-8-3-9-15-19)16-21(17-10-4-1-5-11-17)32-24(22)18-12-6-2-7-13-18/h1-16H,(H,28,29)(H,30,31)/b23-20+. The molecule has 4 rings (SSSR count). The third-order valence-electron chi connectivity index (χ3n) is 4.78. The van der Waals surface area contributed by atoms with Crippen LogP contribution < -0.4 is 5.32 Å². The van der Waals surface area contributed by atoms with Gasteiger partial charge in [0.2, 0.25) is 0 Å². The van der Waals surface area contributed by atoms with E-state index in [0.717, 1.165) is 11.1 Å². The lowest BCUT2D eigenvalue weighted by atomic mass is 10.0. The van der Waals surface area contributed by atoms with Crippen molar-refractivity contribution in [2.24, 2.45) is 0 Å². The lowest BCUT2D eigenvalue weighted by Gasteiger charge is -2.23. The number of amides is 1. The van der Waals surface area contributed by atoms with E-state index >= 15 is 0 Å². The maximum absolute atomic E-state index is 12.7. The van der Waals surface area contributed by atoms with Gasteiger partial charge in [0.25, 0.3) is 5.91 Å². The van der Waals surface area contributed by atoms with Gasteiger partial charge < -0.3 is 15.2 Å². The fraction of sp³-hybridized carbons (Fsp3) is 0. The highest BCUT2D eigenvalue weighted by atomic mass is 79.9. The Kier molecular flexibility index (Phi) is 6.33. The van der Waals surface area contributed by atoms with Gasteiger partial charge in [0, 0.05) is 22.3 Å². The van der Waals surface area contributed by atoms with Crippen molar-refractivity contribution < 1.29 is 19.4 Å². The predicted octanol–water partition coefficient (Wildman–Crippen LogP) is 5.59. The molecule has 5 nitrogen and oxygen atoms in total. The summed E-state index contributed by atoms with van der Waals surface area (Å²) in [5, 5.41) is 12.5. The van der Waals surface area contributed by atoms with E-state index in [2.05, 4.69) is 21.2 Å². The highest BCUT2D eigenvalue weighted by Gasteiger charge is 2.27. The van der Waals surface area contributed by atoms with Gasteiger partial charge in [0.15, 0.2) is 0 Å². The average Bonchev–Trinajstić information content (AvgIpc) is 2.84. The molecular weight excluding hydrogens is 470 g/mol. The Labute approximate surface area is 193 Å². The van der Waals surface area contributed by atoms with Crippen molar-refractivity contribution in [2.45, 2.75) is 0 Å².